The number of halogens is 3. The second-order valence-corrected chi connectivity index (χ2v) is 7.70. The van der Waals surface area contributed by atoms with E-state index in [2.05, 4.69) is 30.2 Å². The number of nitrogens with zero attached hydrogens (tertiary/aromatic N) is 4. The maximum absolute atomic E-state index is 12.8. The van der Waals surface area contributed by atoms with E-state index in [1.54, 1.807) is 13.0 Å². The molecule has 1 N–H and O–H groups in total. The third kappa shape index (κ3) is 4.72. The Morgan fingerprint density at radius 3 is 2.71 bits per heavy atom. The molecule has 0 atom stereocenters. The van der Waals surface area contributed by atoms with Crippen LogP contribution in [0.2, 0.25) is 5.15 Å². The van der Waals surface area contributed by atoms with Gasteiger partial charge in [0.2, 0.25) is 5.13 Å². The van der Waals surface area contributed by atoms with Crippen molar-refractivity contribution in [2.24, 2.45) is 0 Å². The Balaban J connectivity index is 2.04. The van der Waals surface area contributed by atoms with Crippen LogP contribution >= 0.6 is 34.7 Å². The van der Waals surface area contributed by atoms with Crippen LogP contribution in [0.15, 0.2) is 28.9 Å². The average molecular weight is 444 g/mol. The highest BCUT2D eigenvalue weighted by Gasteiger charge is 2.20. The van der Waals surface area contributed by atoms with Gasteiger partial charge in [-0.05, 0) is 25.3 Å². The average Bonchev–Trinajstić information content (AvgIpc) is 3.10. The Labute approximate surface area is 171 Å². The van der Waals surface area contributed by atoms with Gasteiger partial charge in [0.1, 0.15) is 5.15 Å². The van der Waals surface area contributed by atoms with Crippen LogP contribution in [-0.2, 0) is 0 Å². The summed E-state index contributed by atoms with van der Waals surface area (Å²) in [7, 11) is 0. The first-order valence-electron chi connectivity index (χ1n) is 7.63. The van der Waals surface area contributed by atoms with Gasteiger partial charge >= 0.3 is 6.61 Å². The van der Waals surface area contributed by atoms with Crippen LogP contribution in [0.1, 0.15) is 16.1 Å². The number of aromatic nitrogens is 4. The fourth-order valence-electron chi connectivity index (χ4n) is 2.29. The number of carbonyl (C=O) groups is 1. The van der Waals surface area contributed by atoms with E-state index in [9.17, 15) is 13.6 Å². The number of thioether (sulfide) groups is 1. The Bertz CT molecular complexity index is 1020. The number of rotatable bonds is 6. The Morgan fingerprint density at radius 1 is 1.25 bits per heavy atom. The number of carbonyl (C=O) groups excluding carboxylic acids is 1. The normalized spacial score (nSPS) is 10.9. The highest BCUT2D eigenvalue weighted by atomic mass is 35.5. The maximum atomic E-state index is 12.8. The number of hydrogen-bond acceptors (Lipinski definition) is 8. The zero-order valence-electron chi connectivity index (χ0n) is 14.4. The molecule has 0 saturated carbocycles. The standard InChI is InChI=1S/C16H12ClF2N5O2S2/c1-7-3-8(9-4-12(17)21-6-11(9)26-14(18)19)10(5-20-7)13(25)22-15-23-24-16(27-2)28-15/h3-6,14H,1-2H3,(H,22,23,25). The molecule has 1 amide bonds. The number of anilines is 1. The molecule has 12 heteroatoms. The van der Waals surface area contributed by atoms with E-state index in [0.29, 0.717) is 20.7 Å². The van der Waals surface area contributed by atoms with Crippen molar-refractivity contribution in [2.75, 3.05) is 11.6 Å². The van der Waals surface area contributed by atoms with Crippen molar-refractivity contribution in [1.82, 2.24) is 20.2 Å². The van der Waals surface area contributed by atoms with Crippen LogP contribution in [0, 0.1) is 6.92 Å². The molecule has 0 unspecified atom stereocenters. The molecule has 3 aromatic heterocycles. The van der Waals surface area contributed by atoms with Gasteiger partial charge in [-0.1, -0.05) is 34.7 Å². The van der Waals surface area contributed by atoms with Gasteiger partial charge in [0.25, 0.3) is 5.91 Å². The molecule has 0 aliphatic heterocycles. The van der Waals surface area contributed by atoms with E-state index in [4.69, 9.17) is 11.6 Å². The molecule has 0 saturated heterocycles. The Morgan fingerprint density at radius 2 is 2.04 bits per heavy atom. The van der Waals surface area contributed by atoms with Crippen molar-refractivity contribution in [3.8, 4) is 16.9 Å². The van der Waals surface area contributed by atoms with Gasteiger partial charge in [0.15, 0.2) is 10.1 Å². The molecule has 0 bridgehead atoms. The zero-order chi connectivity index (χ0) is 20.3. The van der Waals surface area contributed by atoms with Gasteiger partial charge in [-0.2, -0.15) is 8.78 Å². The van der Waals surface area contributed by atoms with Gasteiger partial charge in [-0.3, -0.25) is 15.1 Å². The number of ether oxygens (including phenoxy) is 1. The largest absolute Gasteiger partial charge is 0.433 e. The summed E-state index contributed by atoms with van der Waals surface area (Å²) in [5, 5.41) is 10.8. The molecular formula is C16H12ClF2N5O2S2. The van der Waals surface area contributed by atoms with Crippen LogP contribution in [-0.4, -0.2) is 38.9 Å². The number of pyridine rings is 2. The summed E-state index contributed by atoms with van der Waals surface area (Å²) >= 11 is 8.54. The van der Waals surface area contributed by atoms with Crippen molar-refractivity contribution >= 4 is 45.7 Å². The summed E-state index contributed by atoms with van der Waals surface area (Å²) < 4.78 is 30.8. The molecule has 3 heterocycles. The number of nitrogens with one attached hydrogen (secondary N) is 1. The highest BCUT2D eigenvalue weighted by molar-refractivity contribution is 8.00. The minimum absolute atomic E-state index is 0.0613. The Hall–Kier alpha value is -2.37. The molecule has 0 radical (unpaired) electrons. The quantitative estimate of drug-likeness (QED) is 0.340. The van der Waals surface area contributed by atoms with Crippen molar-refractivity contribution in [3.05, 3.63) is 40.9 Å². The van der Waals surface area contributed by atoms with E-state index < -0.39 is 12.5 Å². The monoisotopic (exact) mass is 443 g/mol. The topological polar surface area (TPSA) is 89.9 Å². The molecule has 3 rings (SSSR count). The lowest BCUT2D eigenvalue weighted by Crippen LogP contribution is -2.14. The van der Waals surface area contributed by atoms with E-state index in [0.717, 1.165) is 6.20 Å². The molecule has 0 aromatic carbocycles. The van der Waals surface area contributed by atoms with Gasteiger partial charge in [-0.15, -0.1) is 10.2 Å². The summed E-state index contributed by atoms with van der Waals surface area (Å²) in [6, 6.07) is 2.92. The van der Waals surface area contributed by atoms with E-state index in [1.807, 2.05) is 6.26 Å². The molecule has 3 aromatic rings. The van der Waals surface area contributed by atoms with Crippen LogP contribution in [0.5, 0.6) is 5.75 Å². The fourth-order valence-corrected chi connectivity index (χ4v) is 3.61. The molecule has 7 nitrogen and oxygen atoms in total. The van der Waals surface area contributed by atoms with E-state index in [1.165, 1.54) is 35.4 Å². The predicted octanol–water partition coefficient (Wildman–Crippen LogP) is 4.53. The van der Waals surface area contributed by atoms with E-state index >= 15 is 0 Å². The second-order valence-electron chi connectivity index (χ2n) is 5.28. The number of amides is 1. The van der Waals surface area contributed by atoms with Crippen molar-refractivity contribution in [2.45, 2.75) is 17.9 Å². The highest BCUT2D eigenvalue weighted by Crippen LogP contribution is 2.35. The van der Waals surface area contributed by atoms with Crippen LogP contribution in [0.4, 0.5) is 13.9 Å². The molecule has 0 spiro atoms. The number of alkyl halides is 2. The second kappa shape index (κ2) is 8.76. The predicted molar refractivity (Wildman–Crippen MR) is 103 cm³/mol. The molecule has 146 valence electrons. The minimum atomic E-state index is -3.06. The summed E-state index contributed by atoms with van der Waals surface area (Å²) in [5.41, 5.74) is 1.22. The number of hydrogen-bond donors (Lipinski definition) is 1. The molecule has 28 heavy (non-hydrogen) atoms. The first kappa shape index (κ1) is 20.4. The molecule has 0 aliphatic carbocycles. The first-order valence-corrected chi connectivity index (χ1v) is 10.1. The van der Waals surface area contributed by atoms with Crippen molar-refractivity contribution < 1.29 is 18.3 Å². The first-order chi connectivity index (χ1) is 13.4. The SMILES string of the molecule is CSc1nnc(NC(=O)c2cnc(C)cc2-c2cc(Cl)ncc2OC(F)F)s1. The minimum Gasteiger partial charge on any atom is -0.433 e. The summed E-state index contributed by atoms with van der Waals surface area (Å²) in [4.78, 5) is 20.7. The van der Waals surface area contributed by atoms with Gasteiger partial charge in [0, 0.05) is 23.0 Å². The zero-order valence-corrected chi connectivity index (χ0v) is 16.8. The summed E-state index contributed by atoms with van der Waals surface area (Å²) in [6.45, 7) is -1.36. The van der Waals surface area contributed by atoms with Crippen LogP contribution < -0.4 is 10.1 Å². The fraction of sp³-hybridized carbons (Fsp3) is 0.188. The Kier molecular flexibility index (Phi) is 6.37. The smallest absolute Gasteiger partial charge is 0.387 e. The van der Waals surface area contributed by atoms with Gasteiger partial charge in [-0.25, -0.2) is 4.98 Å². The third-order valence-corrected chi connectivity index (χ3v) is 5.45. The molecule has 0 aliphatic rings. The van der Waals surface area contributed by atoms with E-state index in [-0.39, 0.29) is 22.0 Å². The molecule has 0 fully saturated rings. The van der Waals surface area contributed by atoms with Crippen LogP contribution in [0.3, 0.4) is 0 Å². The molecular weight excluding hydrogens is 432 g/mol. The van der Waals surface area contributed by atoms with Crippen LogP contribution in [0.25, 0.3) is 11.1 Å². The lowest BCUT2D eigenvalue weighted by Gasteiger charge is -2.14. The summed E-state index contributed by atoms with van der Waals surface area (Å²) in [5.74, 6) is -0.734. The number of aryl methyl sites for hydroxylation is 1. The third-order valence-electron chi connectivity index (χ3n) is 3.43. The van der Waals surface area contributed by atoms with Crippen molar-refractivity contribution in [3.63, 3.8) is 0 Å². The lowest BCUT2D eigenvalue weighted by atomic mass is 10.0. The maximum Gasteiger partial charge on any atom is 0.387 e. The lowest BCUT2D eigenvalue weighted by molar-refractivity contribution is -0.0496. The van der Waals surface area contributed by atoms with Crippen molar-refractivity contribution in [1.29, 1.82) is 0 Å². The van der Waals surface area contributed by atoms with Gasteiger partial charge in [0.05, 0.1) is 11.8 Å². The van der Waals surface area contributed by atoms with Gasteiger partial charge < -0.3 is 4.74 Å². The summed E-state index contributed by atoms with van der Waals surface area (Å²) in [6.07, 6.45) is 4.26.